The van der Waals surface area contributed by atoms with Crippen molar-refractivity contribution >= 4 is 11.7 Å². The molecule has 0 spiro atoms. The molecule has 2 rings (SSSR count). The number of hydrogen-bond acceptors (Lipinski definition) is 4. The Morgan fingerprint density at radius 3 is 2.32 bits per heavy atom. The quantitative estimate of drug-likeness (QED) is 0.310. The Hall–Kier alpha value is -1.30. The number of nitrogens with one attached hydrogen (secondary N) is 1. The number of hydrogen-bond donors (Lipinski definition) is 3. The zero-order valence-electron chi connectivity index (χ0n) is 11.7. The zero-order chi connectivity index (χ0) is 14.0. The Balaban J connectivity index is 2.07. The van der Waals surface area contributed by atoms with E-state index in [4.69, 9.17) is 10.9 Å². The molecule has 2 aliphatic rings. The first-order chi connectivity index (χ1) is 9.01. The number of oxime groups is 1. The molecule has 0 aromatic rings. The van der Waals surface area contributed by atoms with E-state index in [0.29, 0.717) is 24.9 Å². The predicted molar refractivity (Wildman–Crippen MR) is 72.4 cm³/mol. The van der Waals surface area contributed by atoms with Crippen molar-refractivity contribution in [2.24, 2.45) is 16.3 Å². The number of carbonyl (C=O) groups is 1. The maximum Gasteiger partial charge on any atom is 0.248 e. The van der Waals surface area contributed by atoms with Gasteiger partial charge >= 0.3 is 0 Å². The standard InChI is InChI=1S/C13H24N4O2/c1-9-5-3-6-10(2)17(9)15-12(18)13(7-4-8-13)11(14)16-19/h9-10,19H,3-8H2,1-2H3,(H2,14,16)(H,15,18). The average molecular weight is 268 g/mol. The van der Waals surface area contributed by atoms with Crippen LogP contribution in [0.25, 0.3) is 0 Å². The summed E-state index contributed by atoms with van der Waals surface area (Å²) in [5.41, 5.74) is 7.91. The number of amides is 1. The molecule has 108 valence electrons. The number of amidine groups is 1. The van der Waals surface area contributed by atoms with Crippen LogP contribution in [0.3, 0.4) is 0 Å². The minimum Gasteiger partial charge on any atom is -0.409 e. The fourth-order valence-corrected chi connectivity index (χ4v) is 3.09. The Bertz CT molecular complexity index is 369. The van der Waals surface area contributed by atoms with E-state index in [1.807, 2.05) is 5.01 Å². The first kappa shape index (κ1) is 14.1. The molecular weight excluding hydrogens is 244 g/mol. The third kappa shape index (κ3) is 2.41. The molecule has 19 heavy (non-hydrogen) atoms. The van der Waals surface area contributed by atoms with Gasteiger partial charge in [0.15, 0.2) is 5.84 Å². The molecule has 2 atom stereocenters. The Kier molecular flexibility index (Phi) is 3.99. The van der Waals surface area contributed by atoms with Crippen molar-refractivity contribution in [3.8, 4) is 0 Å². The van der Waals surface area contributed by atoms with Crippen LogP contribution in [-0.4, -0.2) is 34.0 Å². The molecule has 6 nitrogen and oxygen atoms in total. The summed E-state index contributed by atoms with van der Waals surface area (Å²) in [5.74, 6) is -0.0942. The van der Waals surface area contributed by atoms with Crippen molar-refractivity contribution in [1.29, 1.82) is 0 Å². The van der Waals surface area contributed by atoms with Crippen LogP contribution in [0.15, 0.2) is 5.16 Å². The Morgan fingerprint density at radius 1 is 1.32 bits per heavy atom. The number of rotatable bonds is 3. The molecule has 6 heteroatoms. The Morgan fingerprint density at radius 2 is 1.89 bits per heavy atom. The predicted octanol–water partition coefficient (Wildman–Crippen LogP) is 1.20. The van der Waals surface area contributed by atoms with E-state index in [1.165, 1.54) is 6.42 Å². The first-order valence-corrected chi connectivity index (χ1v) is 7.08. The number of nitrogens with two attached hydrogens (primary N) is 1. The summed E-state index contributed by atoms with van der Waals surface area (Å²) in [6, 6.07) is 0.661. The molecule has 2 unspecified atom stereocenters. The summed E-state index contributed by atoms with van der Waals surface area (Å²) in [5, 5.41) is 13.9. The number of carbonyl (C=O) groups excluding carboxylic acids is 1. The second-order valence-electron chi connectivity index (χ2n) is 5.90. The van der Waals surface area contributed by atoms with Crippen molar-refractivity contribution in [1.82, 2.24) is 10.4 Å². The van der Waals surface area contributed by atoms with Crippen LogP contribution >= 0.6 is 0 Å². The van der Waals surface area contributed by atoms with Crippen LogP contribution in [0.4, 0.5) is 0 Å². The van der Waals surface area contributed by atoms with Crippen LogP contribution < -0.4 is 11.2 Å². The monoisotopic (exact) mass is 268 g/mol. The van der Waals surface area contributed by atoms with Crippen LogP contribution in [-0.2, 0) is 4.79 Å². The molecule has 1 saturated heterocycles. The van der Waals surface area contributed by atoms with Crippen molar-refractivity contribution in [3.63, 3.8) is 0 Å². The van der Waals surface area contributed by atoms with Gasteiger partial charge in [0.1, 0.15) is 5.41 Å². The number of nitrogens with zero attached hydrogens (tertiary/aromatic N) is 2. The highest BCUT2D eigenvalue weighted by Gasteiger charge is 2.49. The summed E-state index contributed by atoms with van der Waals surface area (Å²) in [6.45, 7) is 4.24. The van der Waals surface area contributed by atoms with Crippen LogP contribution in [0.5, 0.6) is 0 Å². The SMILES string of the molecule is CC1CCCC(C)N1NC(=O)C1(C(N)=NO)CCC1. The van der Waals surface area contributed by atoms with E-state index in [-0.39, 0.29) is 11.7 Å². The summed E-state index contributed by atoms with van der Waals surface area (Å²) >= 11 is 0. The van der Waals surface area contributed by atoms with Gasteiger partial charge in [-0.15, -0.1) is 0 Å². The van der Waals surface area contributed by atoms with Gasteiger partial charge in [-0.25, -0.2) is 5.01 Å². The van der Waals surface area contributed by atoms with Gasteiger partial charge in [-0.2, -0.15) is 0 Å². The second-order valence-corrected chi connectivity index (χ2v) is 5.90. The topological polar surface area (TPSA) is 91.0 Å². The molecular formula is C13H24N4O2. The molecule has 1 aliphatic heterocycles. The lowest BCUT2D eigenvalue weighted by molar-refractivity contribution is -0.139. The third-order valence-electron chi connectivity index (χ3n) is 4.66. The van der Waals surface area contributed by atoms with Gasteiger partial charge in [0.2, 0.25) is 5.91 Å². The largest absolute Gasteiger partial charge is 0.409 e. The average Bonchev–Trinajstić information content (AvgIpc) is 2.32. The van der Waals surface area contributed by atoms with Gasteiger partial charge in [0, 0.05) is 12.1 Å². The van der Waals surface area contributed by atoms with Gasteiger partial charge in [0.05, 0.1) is 0 Å². The second kappa shape index (κ2) is 5.36. The van der Waals surface area contributed by atoms with Gasteiger partial charge in [-0.1, -0.05) is 18.0 Å². The van der Waals surface area contributed by atoms with E-state index >= 15 is 0 Å². The first-order valence-electron chi connectivity index (χ1n) is 7.08. The molecule has 0 aromatic carbocycles. The molecule has 2 fully saturated rings. The van der Waals surface area contributed by atoms with Crippen LogP contribution in [0.2, 0.25) is 0 Å². The molecule has 0 radical (unpaired) electrons. The molecule has 4 N–H and O–H groups in total. The number of hydrazine groups is 1. The van der Waals surface area contributed by atoms with Crippen molar-refractivity contribution in [2.75, 3.05) is 0 Å². The van der Waals surface area contributed by atoms with E-state index in [2.05, 4.69) is 24.4 Å². The molecule has 1 heterocycles. The Labute approximate surface area is 114 Å². The van der Waals surface area contributed by atoms with Gasteiger partial charge < -0.3 is 10.9 Å². The molecule has 0 bridgehead atoms. The number of piperidine rings is 1. The normalized spacial score (nSPS) is 31.6. The molecule has 1 amide bonds. The lowest BCUT2D eigenvalue weighted by Crippen LogP contribution is -2.61. The smallest absolute Gasteiger partial charge is 0.248 e. The van der Waals surface area contributed by atoms with Gasteiger partial charge in [-0.05, 0) is 39.5 Å². The highest BCUT2D eigenvalue weighted by atomic mass is 16.4. The summed E-state index contributed by atoms with van der Waals surface area (Å²) in [6.07, 6.45) is 5.62. The lowest BCUT2D eigenvalue weighted by Gasteiger charge is -2.44. The molecule has 0 aromatic heterocycles. The molecule has 1 saturated carbocycles. The van der Waals surface area contributed by atoms with Crippen molar-refractivity contribution in [2.45, 2.75) is 64.5 Å². The van der Waals surface area contributed by atoms with E-state index in [0.717, 1.165) is 19.3 Å². The lowest BCUT2D eigenvalue weighted by atomic mass is 9.67. The maximum atomic E-state index is 12.5. The van der Waals surface area contributed by atoms with Gasteiger partial charge in [0.25, 0.3) is 0 Å². The fourth-order valence-electron chi connectivity index (χ4n) is 3.09. The maximum absolute atomic E-state index is 12.5. The van der Waals surface area contributed by atoms with E-state index in [9.17, 15) is 4.79 Å². The minimum absolute atomic E-state index is 0.0357. The van der Waals surface area contributed by atoms with Crippen molar-refractivity contribution < 1.29 is 10.0 Å². The van der Waals surface area contributed by atoms with E-state index in [1.54, 1.807) is 0 Å². The van der Waals surface area contributed by atoms with Crippen LogP contribution in [0, 0.1) is 5.41 Å². The van der Waals surface area contributed by atoms with Gasteiger partial charge in [-0.3, -0.25) is 10.2 Å². The summed E-state index contributed by atoms with van der Waals surface area (Å²) < 4.78 is 0. The highest BCUT2D eigenvalue weighted by molar-refractivity contribution is 6.07. The van der Waals surface area contributed by atoms with Crippen LogP contribution in [0.1, 0.15) is 52.4 Å². The summed E-state index contributed by atoms with van der Waals surface area (Å²) in [7, 11) is 0. The van der Waals surface area contributed by atoms with Crippen molar-refractivity contribution in [3.05, 3.63) is 0 Å². The zero-order valence-corrected chi connectivity index (χ0v) is 11.7. The fraction of sp³-hybridized carbons (Fsp3) is 0.846. The highest BCUT2D eigenvalue weighted by Crippen LogP contribution is 2.41. The van der Waals surface area contributed by atoms with E-state index < -0.39 is 5.41 Å². The minimum atomic E-state index is -0.800. The molecule has 1 aliphatic carbocycles. The third-order valence-corrected chi connectivity index (χ3v) is 4.66. The summed E-state index contributed by atoms with van der Waals surface area (Å²) in [4.78, 5) is 12.5.